The Kier molecular flexibility index (Phi) is 7.59. The summed E-state index contributed by atoms with van der Waals surface area (Å²) in [6, 6.07) is 5.21. The van der Waals surface area contributed by atoms with E-state index in [-0.39, 0.29) is 67.4 Å². The van der Waals surface area contributed by atoms with E-state index >= 15 is 0 Å². The third-order valence-electron chi connectivity index (χ3n) is 4.17. The summed E-state index contributed by atoms with van der Waals surface area (Å²) in [4.78, 5) is 32.3. The number of aryl methyl sites for hydroxylation is 1. The number of nitrogens with zero attached hydrogens (tertiary/aromatic N) is 3. The Morgan fingerprint density at radius 2 is 1.61 bits per heavy atom. The molecule has 144 valence electrons. The van der Waals surface area contributed by atoms with Gasteiger partial charge in [0.1, 0.15) is 21.5 Å². The Bertz CT molecular complexity index is 1210. The van der Waals surface area contributed by atoms with E-state index in [2.05, 4.69) is 9.97 Å². The molecule has 0 aliphatic rings. The zero-order chi connectivity index (χ0) is 19.8. The number of benzene rings is 1. The van der Waals surface area contributed by atoms with Crippen LogP contribution in [0.4, 0.5) is 0 Å². The molecular weight excluding hydrogens is 411 g/mol. The minimum Gasteiger partial charge on any atom is -0.744 e. The molecule has 28 heavy (non-hydrogen) atoms. The second-order valence-corrected chi connectivity index (χ2v) is 7.53. The van der Waals surface area contributed by atoms with Crippen LogP contribution in [0.2, 0.25) is 0 Å². The summed E-state index contributed by atoms with van der Waals surface area (Å²) in [5, 5.41) is 0. The molecule has 2 heterocycles. The molecule has 2 aromatic heterocycles. The van der Waals surface area contributed by atoms with E-state index < -0.39 is 21.4 Å². The van der Waals surface area contributed by atoms with Gasteiger partial charge in [0.15, 0.2) is 5.65 Å². The fraction of sp³-hybridized carbons (Fsp3) is 0.353. The van der Waals surface area contributed by atoms with Crippen LogP contribution < -0.4 is 62.6 Å². The maximum atomic E-state index is 12.7. The van der Waals surface area contributed by atoms with Gasteiger partial charge in [-0.25, -0.2) is 18.2 Å². The van der Waals surface area contributed by atoms with Crippen LogP contribution in [0.1, 0.15) is 26.7 Å². The summed E-state index contributed by atoms with van der Waals surface area (Å²) in [6.45, 7) is 4.52. The van der Waals surface area contributed by atoms with E-state index in [1.165, 1.54) is 33.4 Å². The zero-order valence-corrected chi connectivity index (χ0v) is 19.9. The zero-order valence-electron chi connectivity index (χ0n) is 15.9. The molecule has 1 N–H and O–H groups in total. The van der Waals surface area contributed by atoms with E-state index in [1.807, 2.05) is 13.8 Å². The van der Waals surface area contributed by atoms with Crippen LogP contribution in [0.3, 0.4) is 0 Å². The van der Waals surface area contributed by atoms with Crippen LogP contribution in [-0.4, -0.2) is 32.1 Å². The first-order valence-corrected chi connectivity index (χ1v) is 9.98. The van der Waals surface area contributed by atoms with Crippen molar-refractivity contribution in [2.45, 2.75) is 44.7 Å². The van der Waals surface area contributed by atoms with E-state index in [4.69, 9.17) is 0 Å². The molecule has 0 atom stereocenters. The van der Waals surface area contributed by atoms with Crippen molar-refractivity contribution in [1.29, 1.82) is 0 Å². The van der Waals surface area contributed by atoms with Gasteiger partial charge in [0.25, 0.3) is 5.56 Å². The number of imidazole rings is 1. The van der Waals surface area contributed by atoms with Crippen molar-refractivity contribution in [2.24, 2.45) is 0 Å². The average Bonchev–Trinajstić information content (AvgIpc) is 3.07. The largest absolute Gasteiger partial charge is 1.00 e. The monoisotopic (exact) mass is 430 g/mol. The van der Waals surface area contributed by atoms with Gasteiger partial charge < -0.3 is 9.54 Å². The van der Waals surface area contributed by atoms with Gasteiger partial charge in [-0.3, -0.25) is 13.9 Å². The Labute approximate surface area is 204 Å². The Balaban J connectivity index is 0.00000280. The molecule has 0 saturated heterocycles. The van der Waals surface area contributed by atoms with Crippen molar-refractivity contribution in [2.75, 3.05) is 0 Å². The number of nitrogens with one attached hydrogen (secondary N) is 1. The molecule has 3 rings (SSSR count). The van der Waals surface area contributed by atoms with E-state index in [0.717, 1.165) is 0 Å². The Hall–Kier alpha value is -1.08. The Morgan fingerprint density at radius 3 is 2.14 bits per heavy atom. The third kappa shape index (κ3) is 4.40. The molecule has 0 aliphatic heterocycles. The summed E-state index contributed by atoms with van der Waals surface area (Å²) in [7, 11) is -4.54. The van der Waals surface area contributed by atoms with Crippen LogP contribution in [0.5, 0.6) is 0 Å². The van der Waals surface area contributed by atoms with Gasteiger partial charge in [0.2, 0.25) is 0 Å². The fourth-order valence-corrected chi connectivity index (χ4v) is 3.40. The van der Waals surface area contributed by atoms with Crippen LogP contribution in [-0.2, 0) is 23.2 Å². The van der Waals surface area contributed by atoms with Crippen LogP contribution in [0.25, 0.3) is 22.6 Å². The van der Waals surface area contributed by atoms with Crippen molar-refractivity contribution >= 4 is 21.3 Å². The topological polar surface area (TPSA) is 130 Å². The first-order chi connectivity index (χ1) is 12.8. The minimum atomic E-state index is -4.54. The molecule has 3 aromatic rings. The summed E-state index contributed by atoms with van der Waals surface area (Å²) in [5.41, 5.74) is 0.126. The molecule has 0 amide bonds. The molecular formula is C17H19KN4O5S. The number of fused-ring (bicyclic) bond motifs is 1. The summed E-state index contributed by atoms with van der Waals surface area (Å²) in [5.74, 6) is 0.315. The van der Waals surface area contributed by atoms with Gasteiger partial charge in [-0.05, 0) is 25.0 Å². The van der Waals surface area contributed by atoms with E-state index in [9.17, 15) is 22.6 Å². The first kappa shape index (κ1) is 23.2. The number of hydrogen-bond acceptors (Lipinski definition) is 6. The smallest absolute Gasteiger partial charge is 0.744 e. The number of rotatable bonds is 6. The molecule has 1 aromatic carbocycles. The van der Waals surface area contributed by atoms with Crippen molar-refractivity contribution in [1.82, 2.24) is 19.1 Å². The molecule has 11 heteroatoms. The molecule has 9 nitrogen and oxygen atoms in total. The molecule has 0 unspecified atom stereocenters. The van der Waals surface area contributed by atoms with Gasteiger partial charge in [0, 0.05) is 18.7 Å². The molecule has 0 aliphatic carbocycles. The second-order valence-electron chi connectivity index (χ2n) is 6.15. The van der Waals surface area contributed by atoms with Crippen molar-refractivity contribution in [3.8, 4) is 11.4 Å². The van der Waals surface area contributed by atoms with E-state index in [0.29, 0.717) is 37.3 Å². The first-order valence-electron chi connectivity index (χ1n) is 8.57. The quantitative estimate of drug-likeness (QED) is 0.366. The van der Waals surface area contributed by atoms with Crippen LogP contribution in [0, 0.1) is 0 Å². The van der Waals surface area contributed by atoms with Gasteiger partial charge in [-0.15, -0.1) is 0 Å². The number of hydrogen-bond donors (Lipinski definition) is 1. The fourth-order valence-electron chi connectivity index (χ4n) is 2.93. The van der Waals surface area contributed by atoms with Gasteiger partial charge >= 0.3 is 57.1 Å². The third-order valence-corrected chi connectivity index (χ3v) is 5.02. The van der Waals surface area contributed by atoms with Crippen LogP contribution >= 0.6 is 0 Å². The normalized spacial score (nSPS) is 11.5. The maximum Gasteiger partial charge on any atom is 1.00 e. The standard InChI is InChI=1S/C17H20N4O5S.K/c1-3-9-20-15-13(16(22)21(10-4-2)17(20)23)18-14(19-15)11-5-7-12(8-6-11)27(24,25)26;/h5-8H,3-4,9-10H2,1-2H3,(H,18,19)(H,24,25,26);/q;+1/p-1. The Morgan fingerprint density at radius 1 is 1.04 bits per heavy atom. The molecule has 0 saturated carbocycles. The molecule has 0 spiro atoms. The van der Waals surface area contributed by atoms with Crippen molar-refractivity contribution < 1.29 is 64.4 Å². The second kappa shape index (κ2) is 9.16. The van der Waals surface area contributed by atoms with Gasteiger partial charge in [-0.2, -0.15) is 0 Å². The number of H-pyrrole nitrogens is 1. The van der Waals surface area contributed by atoms with Crippen molar-refractivity contribution in [3.05, 3.63) is 45.1 Å². The maximum absolute atomic E-state index is 12.7. The minimum absolute atomic E-state index is 0. The van der Waals surface area contributed by atoms with Gasteiger partial charge in [0.05, 0.1) is 4.90 Å². The predicted molar refractivity (Wildman–Crippen MR) is 98.6 cm³/mol. The summed E-state index contributed by atoms with van der Waals surface area (Å²) < 4.78 is 35.8. The molecule has 0 bridgehead atoms. The van der Waals surface area contributed by atoms with Gasteiger partial charge in [-0.1, -0.05) is 26.0 Å². The summed E-state index contributed by atoms with van der Waals surface area (Å²) >= 11 is 0. The predicted octanol–water partition coefficient (Wildman–Crippen LogP) is -1.72. The SMILES string of the molecule is CCCn1c(=O)c2[nH]c(-c3ccc(S(=O)(=O)[O-])cc3)nc2n(CCC)c1=O.[K+]. The average molecular weight is 431 g/mol. The molecule has 0 radical (unpaired) electrons. The van der Waals surface area contributed by atoms with E-state index in [1.54, 1.807) is 0 Å². The number of aromatic nitrogens is 4. The molecule has 0 fully saturated rings. The van der Waals surface area contributed by atoms with Crippen molar-refractivity contribution in [3.63, 3.8) is 0 Å². The summed E-state index contributed by atoms with van der Waals surface area (Å²) in [6.07, 6.45) is 1.33. The van der Waals surface area contributed by atoms with Crippen LogP contribution in [0.15, 0.2) is 38.8 Å². The number of aromatic amines is 1.